The Kier molecular flexibility index (Phi) is 8.78. The number of aliphatic hydroxyl groups is 1. The second kappa shape index (κ2) is 11.1. The third kappa shape index (κ3) is 6.24. The van der Waals surface area contributed by atoms with Crippen molar-refractivity contribution in [2.24, 2.45) is 52.3 Å². The molecule has 3 N–H and O–H groups in total. The molecule has 0 heterocycles. The summed E-state index contributed by atoms with van der Waals surface area (Å²) in [6.45, 7) is 11.4. The summed E-state index contributed by atoms with van der Waals surface area (Å²) in [4.78, 5) is 12.8. The predicted octanol–water partition coefficient (Wildman–Crippen LogP) is 5.84. The van der Waals surface area contributed by atoms with E-state index in [1.165, 1.54) is 44.9 Å². The number of carbonyl (C=O) groups is 1. The molecule has 214 valence electrons. The van der Waals surface area contributed by atoms with E-state index >= 15 is 0 Å². The Morgan fingerprint density at radius 1 is 0.973 bits per heavy atom. The number of amides is 1. The smallest absolute Gasteiger partial charge is 0.266 e. The van der Waals surface area contributed by atoms with E-state index in [0.29, 0.717) is 41.4 Å². The molecule has 4 aliphatic rings. The summed E-state index contributed by atoms with van der Waals surface area (Å²) < 4.78 is 32.1. The standard InChI is InChI=1S/C30H53NO5S/c1-19(2)16-22(18-37(34,35)36)31-28(33)11-6-20(3)25-9-10-26-24-8-7-21-17-23(32)12-14-29(21,4)27(24)13-15-30(25,26)5/h19-27,32H,6-18H2,1-5H3,(H,31,33)(H,34,35,36)/t20-,21-,22-,23-,24+,25-,26+,27+,29+,30-/m1/s1. The van der Waals surface area contributed by atoms with Gasteiger partial charge in [-0.1, -0.05) is 34.6 Å². The van der Waals surface area contributed by atoms with Crippen molar-refractivity contribution in [1.29, 1.82) is 0 Å². The van der Waals surface area contributed by atoms with Gasteiger partial charge in [0.05, 0.1) is 11.9 Å². The predicted molar refractivity (Wildman–Crippen MR) is 147 cm³/mol. The Balaban J connectivity index is 1.35. The average molecular weight is 540 g/mol. The average Bonchev–Trinajstić information content (AvgIpc) is 3.13. The molecular formula is C30H53NO5S. The van der Waals surface area contributed by atoms with E-state index in [1.807, 2.05) is 13.8 Å². The van der Waals surface area contributed by atoms with Crippen molar-refractivity contribution in [3.05, 3.63) is 0 Å². The molecular weight excluding hydrogens is 486 g/mol. The van der Waals surface area contributed by atoms with Crippen LogP contribution >= 0.6 is 0 Å². The van der Waals surface area contributed by atoms with Gasteiger partial charge >= 0.3 is 0 Å². The van der Waals surface area contributed by atoms with Gasteiger partial charge < -0.3 is 10.4 Å². The van der Waals surface area contributed by atoms with Gasteiger partial charge in [0.15, 0.2) is 0 Å². The van der Waals surface area contributed by atoms with Gasteiger partial charge in [0.25, 0.3) is 10.1 Å². The molecule has 0 aromatic carbocycles. The van der Waals surface area contributed by atoms with E-state index in [-0.39, 0.29) is 17.9 Å². The monoisotopic (exact) mass is 539 g/mol. The first-order valence-corrected chi connectivity index (χ1v) is 16.8. The van der Waals surface area contributed by atoms with E-state index < -0.39 is 21.9 Å². The van der Waals surface area contributed by atoms with Crippen molar-refractivity contribution >= 4 is 16.0 Å². The normalized spacial score (nSPS) is 41.4. The number of aliphatic hydroxyl groups excluding tert-OH is 1. The lowest BCUT2D eigenvalue weighted by atomic mass is 9.44. The maximum absolute atomic E-state index is 12.8. The summed E-state index contributed by atoms with van der Waals surface area (Å²) in [6, 6.07) is -0.543. The summed E-state index contributed by atoms with van der Waals surface area (Å²) in [5.41, 5.74) is 0.749. The Labute approximate surface area is 225 Å². The number of nitrogens with one attached hydrogen (secondary N) is 1. The van der Waals surface area contributed by atoms with E-state index in [0.717, 1.165) is 37.0 Å². The molecule has 0 aliphatic heterocycles. The number of hydrogen-bond donors (Lipinski definition) is 3. The lowest BCUT2D eigenvalue weighted by Gasteiger charge is -2.61. The molecule has 0 spiro atoms. The Bertz CT molecular complexity index is 921. The van der Waals surface area contributed by atoms with Crippen LogP contribution in [0, 0.1) is 52.3 Å². The zero-order valence-electron chi connectivity index (χ0n) is 23.9. The van der Waals surface area contributed by atoms with E-state index in [2.05, 4.69) is 26.1 Å². The van der Waals surface area contributed by atoms with Crippen molar-refractivity contribution in [2.75, 3.05) is 5.75 Å². The molecule has 6 nitrogen and oxygen atoms in total. The fourth-order valence-electron chi connectivity index (χ4n) is 10.1. The number of rotatable bonds is 9. The van der Waals surface area contributed by atoms with Crippen LogP contribution in [0.5, 0.6) is 0 Å². The number of fused-ring (bicyclic) bond motifs is 5. The molecule has 0 aromatic rings. The van der Waals surface area contributed by atoms with Crippen molar-refractivity contribution in [2.45, 2.75) is 124 Å². The first-order chi connectivity index (χ1) is 17.2. The van der Waals surface area contributed by atoms with Crippen molar-refractivity contribution < 1.29 is 22.9 Å². The van der Waals surface area contributed by atoms with Crippen LogP contribution in [-0.4, -0.2) is 41.9 Å². The minimum Gasteiger partial charge on any atom is -0.393 e. The van der Waals surface area contributed by atoms with Crippen LogP contribution in [-0.2, 0) is 14.9 Å². The van der Waals surface area contributed by atoms with Gasteiger partial charge in [-0.25, -0.2) is 0 Å². The summed E-state index contributed by atoms with van der Waals surface area (Å²) in [5, 5.41) is 13.2. The summed E-state index contributed by atoms with van der Waals surface area (Å²) in [6.07, 6.45) is 12.6. The lowest BCUT2D eigenvalue weighted by molar-refractivity contribution is -0.130. The third-order valence-corrected chi connectivity index (χ3v) is 12.6. The van der Waals surface area contributed by atoms with Crippen LogP contribution in [0.2, 0.25) is 0 Å². The highest BCUT2D eigenvalue weighted by Crippen LogP contribution is 2.68. The topological polar surface area (TPSA) is 104 Å². The molecule has 4 rings (SSSR count). The van der Waals surface area contributed by atoms with E-state index in [4.69, 9.17) is 0 Å². The summed E-state index contributed by atoms with van der Waals surface area (Å²) in [7, 11) is -4.13. The molecule has 7 heteroatoms. The van der Waals surface area contributed by atoms with E-state index in [9.17, 15) is 22.9 Å². The quantitative estimate of drug-likeness (QED) is 0.319. The van der Waals surface area contributed by atoms with Crippen LogP contribution < -0.4 is 5.32 Å². The first-order valence-electron chi connectivity index (χ1n) is 15.2. The summed E-state index contributed by atoms with van der Waals surface area (Å²) in [5.74, 6) is 3.89. The lowest BCUT2D eigenvalue weighted by Crippen LogP contribution is -2.54. The summed E-state index contributed by atoms with van der Waals surface area (Å²) >= 11 is 0. The second-order valence-electron chi connectivity index (χ2n) is 14.5. The maximum Gasteiger partial charge on any atom is 0.266 e. The van der Waals surface area contributed by atoms with Gasteiger partial charge in [-0.05, 0) is 123 Å². The van der Waals surface area contributed by atoms with Crippen molar-refractivity contribution in [1.82, 2.24) is 5.32 Å². The minimum atomic E-state index is -4.13. The minimum absolute atomic E-state index is 0.0916. The number of hydrogen-bond acceptors (Lipinski definition) is 4. The van der Waals surface area contributed by atoms with Gasteiger partial charge in [0.2, 0.25) is 5.91 Å². The van der Waals surface area contributed by atoms with Gasteiger partial charge in [-0.3, -0.25) is 9.35 Å². The van der Waals surface area contributed by atoms with Gasteiger partial charge in [0, 0.05) is 12.5 Å². The van der Waals surface area contributed by atoms with Gasteiger partial charge in [0.1, 0.15) is 0 Å². The largest absolute Gasteiger partial charge is 0.393 e. The molecule has 0 unspecified atom stereocenters. The van der Waals surface area contributed by atoms with Crippen LogP contribution in [0.1, 0.15) is 112 Å². The van der Waals surface area contributed by atoms with Crippen LogP contribution in [0.25, 0.3) is 0 Å². The molecule has 4 aliphatic carbocycles. The highest BCUT2D eigenvalue weighted by atomic mass is 32.2. The van der Waals surface area contributed by atoms with Crippen molar-refractivity contribution in [3.8, 4) is 0 Å². The zero-order chi connectivity index (χ0) is 27.2. The fourth-order valence-corrected chi connectivity index (χ4v) is 10.8. The molecule has 0 saturated heterocycles. The van der Waals surface area contributed by atoms with Crippen molar-refractivity contribution in [3.63, 3.8) is 0 Å². The highest BCUT2D eigenvalue weighted by molar-refractivity contribution is 7.85. The molecule has 0 aromatic heterocycles. The fraction of sp³-hybridized carbons (Fsp3) is 0.967. The molecule has 0 radical (unpaired) electrons. The van der Waals surface area contributed by atoms with Crippen LogP contribution in [0.4, 0.5) is 0 Å². The van der Waals surface area contributed by atoms with Gasteiger partial charge in [-0.15, -0.1) is 0 Å². The first kappa shape index (κ1) is 29.3. The molecule has 4 saturated carbocycles. The Morgan fingerprint density at radius 3 is 2.32 bits per heavy atom. The molecule has 1 amide bonds. The molecule has 4 fully saturated rings. The third-order valence-electron chi connectivity index (χ3n) is 11.8. The Morgan fingerprint density at radius 2 is 1.65 bits per heavy atom. The highest BCUT2D eigenvalue weighted by Gasteiger charge is 2.60. The molecule has 10 atom stereocenters. The van der Waals surface area contributed by atoms with Crippen LogP contribution in [0.15, 0.2) is 0 Å². The maximum atomic E-state index is 12.8. The SMILES string of the molecule is CC(C)C[C@H](CS(=O)(=O)O)NC(=O)CC[C@@H](C)[C@H]1CC[C@H]2[C@@H]3CC[C@@H]4C[C@H](O)CC[C@]4(C)[C@H]3CC[C@]12C. The second-order valence-corrected chi connectivity index (χ2v) is 16.0. The molecule has 0 bridgehead atoms. The Hall–Kier alpha value is -0.660. The zero-order valence-corrected chi connectivity index (χ0v) is 24.7. The molecule has 37 heavy (non-hydrogen) atoms. The van der Waals surface area contributed by atoms with Crippen LogP contribution in [0.3, 0.4) is 0 Å². The van der Waals surface area contributed by atoms with E-state index in [1.54, 1.807) is 0 Å². The number of carbonyl (C=O) groups excluding carboxylic acids is 1. The van der Waals surface area contributed by atoms with Gasteiger partial charge in [-0.2, -0.15) is 8.42 Å².